The van der Waals surface area contributed by atoms with Crippen LogP contribution in [0.25, 0.3) is 0 Å². The molecule has 8 heteroatoms. The molecule has 1 aliphatic rings. The maximum absolute atomic E-state index is 12.4. The van der Waals surface area contributed by atoms with Crippen molar-refractivity contribution in [2.24, 2.45) is 0 Å². The first-order valence-electron chi connectivity index (χ1n) is 7.91. The van der Waals surface area contributed by atoms with Crippen LogP contribution in [0.1, 0.15) is 36.0 Å². The predicted octanol–water partition coefficient (Wildman–Crippen LogP) is 2.13. The standard InChI is InChI=1S/C16H21N3O5/c1-17(8-4-5-15(20)21)16(22)12-6-7-13(14(11-12)19(23)24)18-9-2-3-10-18/h6-7,11H,2-5,8-10H2,1H3,(H,20,21). The first-order valence-corrected chi connectivity index (χ1v) is 7.91. The van der Waals surface area contributed by atoms with Crippen LogP contribution in [0.3, 0.4) is 0 Å². The Morgan fingerprint density at radius 3 is 2.58 bits per heavy atom. The average molecular weight is 335 g/mol. The van der Waals surface area contributed by atoms with Gasteiger partial charge in [-0.15, -0.1) is 0 Å². The van der Waals surface area contributed by atoms with Crippen molar-refractivity contribution in [3.05, 3.63) is 33.9 Å². The lowest BCUT2D eigenvalue weighted by Gasteiger charge is -2.19. The van der Waals surface area contributed by atoms with Crippen molar-refractivity contribution in [1.29, 1.82) is 0 Å². The number of hydrogen-bond acceptors (Lipinski definition) is 5. The Bertz CT molecular complexity index is 641. The van der Waals surface area contributed by atoms with Gasteiger partial charge in [-0.05, 0) is 31.4 Å². The lowest BCUT2D eigenvalue weighted by Crippen LogP contribution is -2.28. The van der Waals surface area contributed by atoms with Crippen molar-refractivity contribution >= 4 is 23.3 Å². The highest BCUT2D eigenvalue weighted by Crippen LogP contribution is 2.31. The van der Waals surface area contributed by atoms with Gasteiger partial charge < -0.3 is 14.9 Å². The van der Waals surface area contributed by atoms with Crippen molar-refractivity contribution in [2.75, 3.05) is 31.6 Å². The number of nitro benzene ring substituents is 1. The lowest BCUT2D eigenvalue weighted by atomic mass is 10.1. The molecule has 0 radical (unpaired) electrons. The van der Waals surface area contributed by atoms with Gasteiger partial charge in [0.25, 0.3) is 11.6 Å². The van der Waals surface area contributed by atoms with Crippen molar-refractivity contribution in [1.82, 2.24) is 4.90 Å². The van der Waals surface area contributed by atoms with Crippen molar-refractivity contribution < 1.29 is 19.6 Å². The zero-order valence-corrected chi connectivity index (χ0v) is 13.6. The Kier molecular flexibility index (Phi) is 5.73. The minimum absolute atomic E-state index is 0.0222. The number of carbonyl (C=O) groups is 2. The molecule has 1 aliphatic heterocycles. The molecule has 24 heavy (non-hydrogen) atoms. The molecular weight excluding hydrogens is 314 g/mol. The molecule has 1 heterocycles. The van der Waals surface area contributed by atoms with Gasteiger partial charge in [-0.25, -0.2) is 0 Å². The fourth-order valence-electron chi connectivity index (χ4n) is 2.82. The minimum Gasteiger partial charge on any atom is -0.481 e. The predicted molar refractivity (Wildman–Crippen MR) is 88.4 cm³/mol. The van der Waals surface area contributed by atoms with E-state index in [4.69, 9.17) is 5.11 Å². The van der Waals surface area contributed by atoms with Crippen LogP contribution in [0, 0.1) is 10.1 Å². The Morgan fingerprint density at radius 1 is 1.33 bits per heavy atom. The van der Waals surface area contributed by atoms with E-state index in [1.54, 1.807) is 19.2 Å². The Morgan fingerprint density at radius 2 is 2.00 bits per heavy atom. The van der Waals surface area contributed by atoms with Gasteiger partial charge in [-0.2, -0.15) is 0 Å². The summed E-state index contributed by atoms with van der Waals surface area (Å²) in [6.07, 6.45) is 2.32. The van der Waals surface area contributed by atoms with Crippen molar-refractivity contribution in [3.8, 4) is 0 Å². The molecule has 0 aliphatic carbocycles. The first-order chi connectivity index (χ1) is 11.4. The van der Waals surface area contributed by atoms with Crippen LogP contribution in [0.5, 0.6) is 0 Å². The van der Waals surface area contributed by atoms with E-state index >= 15 is 0 Å². The zero-order valence-electron chi connectivity index (χ0n) is 13.6. The van der Waals surface area contributed by atoms with E-state index in [0.29, 0.717) is 12.1 Å². The molecule has 0 atom stereocenters. The number of aliphatic carboxylic acids is 1. The van der Waals surface area contributed by atoms with Crippen LogP contribution in [0.2, 0.25) is 0 Å². The number of benzene rings is 1. The summed E-state index contributed by atoms with van der Waals surface area (Å²) >= 11 is 0. The number of carbonyl (C=O) groups excluding carboxylic acids is 1. The second-order valence-electron chi connectivity index (χ2n) is 5.88. The molecule has 0 aromatic heterocycles. The third kappa shape index (κ3) is 4.21. The van der Waals surface area contributed by atoms with E-state index < -0.39 is 10.9 Å². The number of hydrogen-bond donors (Lipinski definition) is 1. The highest BCUT2D eigenvalue weighted by molar-refractivity contribution is 5.95. The molecule has 0 spiro atoms. The smallest absolute Gasteiger partial charge is 0.303 e. The van der Waals surface area contributed by atoms with Crippen LogP contribution in [-0.4, -0.2) is 53.5 Å². The van der Waals surface area contributed by atoms with Crippen molar-refractivity contribution in [2.45, 2.75) is 25.7 Å². The fourth-order valence-corrected chi connectivity index (χ4v) is 2.82. The number of amides is 1. The SMILES string of the molecule is CN(CCCC(=O)O)C(=O)c1ccc(N2CCCC2)c([N+](=O)[O-])c1. The third-order valence-electron chi connectivity index (χ3n) is 4.10. The van der Waals surface area contributed by atoms with Gasteiger partial charge in [0.2, 0.25) is 0 Å². The summed E-state index contributed by atoms with van der Waals surface area (Å²) in [5, 5.41) is 20.0. The van der Waals surface area contributed by atoms with Crippen LogP contribution in [-0.2, 0) is 4.79 Å². The Hall–Kier alpha value is -2.64. The number of nitro groups is 1. The average Bonchev–Trinajstić information content (AvgIpc) is 3.07. The fraction of sp³-hybridized carbons (Fsp3) is 0.500. The second-order valence-corrected chi connectivity index (χ2v) is 5.88. The van der Waals surface area contributed by atoms with Gasteiger partial charge in [-0.3, -0.25) is 19.7 Å². The van der Waals surface area contributed by atoms with Gasteiger partial charge in [0.15, 0.2) is 0 Å². The normalized spacial score (nSPS) is 13.8. The molecule has 1 saturated heterocycles. The van der Waals surface area contributed by atoms with Gasteiger partial charge in [0, 0.05) is 44.7 Å². The quantitative estimate of drug-likeness (QED) is 0.604. The second kappa shape index (κ2) is 7.76. The maximum atomic E-state index is 12.4. The molecule has 0 saturated carbocycles. The lowest BCUT2D eigenvalue weighted by molar-refractivity contribution is -0.384. The van der Waals surface area contributed by atoms with E-state index in [2.05, 4.69) is 0 Å². The van der Waals surface area contributed by atoms with Gasteiger partial charge in [-0.1, -0.05) is 0 Å². The first kappa shape index (κ1) is 17.7. The van der Waals surface area contributed by atoms with Crippen LogP contribution < -0.4 is 4.90 Å². The molecular formula is C16H21N3O5. The van der Waals surface area contributed by atoms with E-state index in [0.717, 1.165) is 25.9 Å². The minimum atomic E-state index is -0.915. The summed E-state index contributed by atoms with van der Waals surface area (Å²) in [6.45, 7) is 1.85. The monoisotopic (exact) mass is 335 g/mol. The molecule has 1 N–H and O–H groups in total. The van der Waals surface area contributed by atoms with E-state index in [1.165, 1.54) is 11.0 Å². The van der Waals surface area contributed by atoms with E-state index in [9.17, 15) is 19.7 Å². The topological polar surface area (TPSA) is 104 Å². The molecule has 0 unspecified atom stereocenters. The van der Waals surface area contributed by atoms with Gasteiger partial charge >= 0.3 is 5.97 Å². The summed E-state index contributed by atoms with van der Waals surface area (Å²) in [5.74, 6) is -1.27. The summed E-state index contributed by atoms with van der Waals surface area (Å²) in [5.41, 5.74) is 0.715. The number of carboxylic acids is 1. The molecule has 130 valence electrons. The van der Waals surface area contributed by atoms with E-state index in [1.807, 2.05) is 4.90 Å². The molecule has 0 bridgehead atoms. The summed E-state index contributed by atoms with van der Waals surface area (Å²) in [7, 11) is 1.56. The zero-order chi connectivity index (χ0) is 17.7. The van der Waals surface area contributed by atoms with Gasteiger partial charge in [0.1, 0.15) is 5.69 Å². The Labute approximate surface area is 139 Å². The number of rotatable bonds is 7. The molecule has 1 amide bonds. The molecule has 1 fully saturated rings. The number of anilines is 1. The maximum Gasteiger partial charge on any atom is 0.303 e. The van der Waals surface area contributed by atoms with Crippen LogP contribution >= 0.6 is 0 Å². The summed E-state index contributed by atoms with van der Waals surface area (Å²) < 4.78 is 0. The largest absolute Gasteiger partial charge is 0.481 e. The Balaban J connectivity index is 2.15. The summed E-state index contributed by atoms with van der Waals surface area (Å²) in [4.78, 5) is 37.1. The van der Waals surface area contributed by atoms with Crippen molar-refractivity contribution in [3.63, 3.8) is 0 Å². The number of carboxylic acid groups (broad SMARTS) is 1. The summed E-state index contributed by atoms with van der Waals surface area (Å²) in [6, 6.07) is 4.53. The molecule has 1 aromatic rings. The highest BCUT2D eigenvalue weighted by atomic mass is 16.6. The molecule has 8 nitrogen and oxygen atoms in total. The molecule has 2 rings (SSSR count). The van der Waals surface area contributed by atoms with Crippen LogP contribution in [0.15, 0.2) is 18.2 Å². The number of nitrogens with zero attached hydrogens (tertiary/aromatic N) is 3. The van der Waals surface area contributed by atoms with Gasteiger partial charge in [0.05, 0.1) is 4.92 Å². The highest BCUT2D eigenvalue weighted by Gasteiger charge is 2.24. The van der Waals surface area contributed by atoms with E-state index in [-0.39, 0.29) is 30.1 Å². The third-order valence-corrected chi connectivity index (χ3v) is 4.10. The molecule has 1 aromatic carbocycles. The van der Waals surface area contributed by atoms with Crippen LogP contribution in [0.4, 0.5) is 11.4 Å².